The van der Waals surface area contributed by atoms with Crippen molar-refractivity contribution in [1.82, 2.24) is 10.2 Å². The first-order chi connectivity index (χ1) is 15.9. The van der Waals surface area contributed by atoms with Gasteiger partial charge in [0.25, 0.3) is 0 Å². The number of carboxylic acids is 1. The highest BCUT2D eigenvalue weighted by Crippen LogP contribution is 2.44. The number of amides is 2. The third-order valence-corrected chi connectivity index (χ3v) is 6.26. The second-order valence-electron chi connectivity index (χ2n) is 8.52. The molecule has 2 N–H and O–H groups in total. The van der Waals surface area contributed by atoms with Crippen LogP contribution in [0.15, 0.2) is 48.5 Å². The van der Waals surface area contributed by atoms with Crippen molar-refractivity contribution in [1.29, 1.82) is 0 Å². The summed E-state index contributed by atoms with van der Waals surface area (Å²) in [6.07, 6.45) is -1.23. The molecular formula is C25H28N2O6. The van der Waals surface area contributed by atoms with Crippen molar-refractivity contribution in [2.24, 2.45) is 0 Å². The van der Waals surface area contributed by atoms with E-state index in [2.05, 4.69) is 17.4 Å². The number of alkyl carbamates (subject to hydrolysis) is 1. The van der Waals surface area contributed by atoms with Gasteiger partial charge >= 0.3 is 12.1 Å². The summed E-state index contributed by atoms with van der Waals surface area (Å²) in [5, 5.41) is 12.1. The Morgan fingerprint density at radius 2 is 1.73 bits per heavy atom. The second kappa shape index (κ2) is 9.62. The summed E-state index contributed by atoms with van der Waals surface area (Å²) in [4.78, 5) is 38.0. The lowest BCUT2D eigenvalue weighted by molar-refractivity contribution is -0.165. The fourth-order valence-electron chi connectivity index (χ4n) is 4.71. The predicted molar refractivity (Wildman–Crippen MR) is 121 cm³/mol. The highest BCUT2D eigenvalue weighted by Gasteiger charge is 2.38. The minimum Gasteiger partial charge on any atom is -0.480 e. The molecule has 0 aromatic heterocycles. The molecule has 2 amide bonds. The molecule has 4 rings (SSSR count). The molecule has 3 atom stereocenters. The molecule has 2 aromatic rings. The van der Waals surface area contributed by atoms with Gasteiger partial charge in [0.1, 0.15) is 6.61 Å². The van der Waals surface area contributed by atoms with E-state index in [4.69, 9.17) is 9.47 Å². The molecule has 0 radical (unpaired) electrons. The van der Waals surface area contributed by atoms with Gasteiger partial charge in [0.2, 0.25) is 5.91 Å². The van der Waals surface area contributed by atoms with E-state index in [9.17, 15) is 19.5 Å². The van der Waals surface area contributed by atoms with E-state index in [0.29, 0.717) is 0 Å². The molecule has 2 unspecified atom stereocenters. The van der Waals surface area contributed by atoms with E-state index >= 15 is 0 Å². The lowest BCUT2D eigenvalue weighted by Crippen LogP contribution is -2.57. The number of fused-ring (bicyclic) bond motifs is 3. The summed E-state index contributed by atoms with van der Waals surface area (Å²) in [5.41, 5.74) is 4.54. The Morgan fingerprint density at radius 3 is 2.33 bits per heavy atom. The highest BCUT2D eigenvalue weighted by atomic mass is 16.5. The van der Waals surface area contributed by atoms with E-state index in [1.54, 1.807) is 13.8 Å². The van der Waals surface area contributed by atoms with Crippen LogP contribution < -0.4 is 5.32 Å². The quantitative estimate of drug-likeness (QED) is 0.698. The van der Waals surface area contributed by atoms with Gasteiger partial charge in [-0.15, -0.1) is 0 Å². The van der Waals surface area contributed by atoms with Crippen LogP contribution in [0.2, 0.25) is 0 Å². The first kappa shape index (κ1) is 22.8. The zero-order chi connectivity index (χ0) is 23.5. The van der Waals surface area contributed by atoms with Crippen molar-refractivity contribution in [2.45, 2.75) is 44.4 Å². The van der Waals surface area contributed by atoms with Gasteiger partial charge in [0.15, 0.2) is 6.04 Å². The summed E-state index contributed by atoms with van der Waals surface area (Å²) in [6.45, 7) is 4.00. The Kier molecular flexibility index (Phi) is 6.65. The summed E-state index contributed by atoms with van der Waals surface area (Å²) >= 11 is 0. The molecule has 1 aliphatic heterocycles. The Hall–Kier alpha value is -3.39. The number of benzene rings is 2. The van der Waals surface area contributed by atoms with Gasteiger partial charge in [0.05, 0.1) is 12.7 Å². The Labute approximate surface area is 192 Å². The minimum absolute atomic E-state index is 0.0271. The maximum absolute atomic E-state index is 12.7. The molecule has 0 saturated carbocycles. The zero-order valence-corrected chi connectivity index (χ0v) is 18.7. The molecule has 1 heterocycles. The molecule has 174 valence electrons. The predicted octanol–water partition coefficient (Wildman–Crippen LogP) is 3.00. The van der Waals surface area contributed by atoms with Crippen molar-refractivity contribution in [2.75, 3.05) is 19.8 Å². The lowest BCUT2D eigenvalue weighted by Gasteiger charge is -2.37. The van der Waals surface area contributed by atoms with Crippen LogP contribution in [0, 0.1) is 0 Å². The number of rotatable bonds is 6. The molecular weight excluding hydrogens is 424 g/mol. The maximum atomic E-state index is 12.7. The van der Waals surface area contributed by atoms with E-state index in [1.807, 2.05) is 36.4 Å². The lowest BCUT2D eigenvalue weighted by atomic mass is 9.98. The van der Waals surface area contributed by atoms with Crippen molar-refractivity contribution < 1.29 is 29.0 Å². The first-order valence-corrected chi connectivity index (χ1v) is 11.1. The second-order valence-corrected chi connectivity index (χ2v) is 8.52. The number of carbonyl (C=O) groups is 3. The van der Waals surface area contributed by atoms with Crippen LogP contribution in [0.3, 0.4) is 0 Å². The number of aliphatic carboxylic acids is 1. The van der Waals surface area contributed by atoms with Gasteiger partial charge in [-0.3, -0.25) is 4.79 Å². The normalized spacial score (nSPS) is 20.5. The molecule has 8 heteroatoms. The van der Waals surface area contributed by atoms with Crippen LogP contribution in [0.5, 0.6) is 0 Å². The van der Waals surface area contributed by atoms with Gasteiger partial charge in [-0.05, 0) is 36.1 Å². The van der Waals surface area contributed by atoms with E-state index in [-0.39, 0.29) is 38.0 Å². The van der Waals surface area contributed by atoms with Crippen molar-refractivity contribution in [3.8, 4) is 11.1 Å². The van der Waals surface area contributed by atoms with E-state index in [0.717, 1.165) is 22.3 Å². The molecule has 2 aliphatic rings. The Balaban J connectivity index is 1.33. The monoisotopic (exact) mass is 452 g/mol. The number of nitrogens with one attached hydrogen (secondary N) is 1. The highest BCUT2D eigenvalue weighted by molar-refractivity contribution is 5.85. The Bertz CT molecular complexity index is 1010. The van der Waals surface area contributed by atoms with E-state index in [1.165, 1.54) is 4.90 Å². The standard InChI is InChI=1S/C25H28N2O6/c1-15(13-22(28)27-11-12-32-16(2)23(27)24(29)30)26-25(31)33-14-21-19-9-5-3-7-17(19)18-8-4-6-10-20(18)21/h3-10,15-16,21,23H,11-14H2,1-2H3,(H,26,31)(H,29,30)/t15-,16?,23?/m0/s1. The Morgan fingerprint density at radius 1 is 1.12 bits per heavy atom. The molecule has 1 fully saturated rings. The molecule has 1 aliphatic carbocycles. The summed E-state index contributed by atoms with van der Waals surface area (Å²) in [7, 11) is 0. The molecule has 2 aromatic carbocycles. The number of morpholine rings is 1. The van der Waals surface area contributed by atoms with Crippen molar-refractivity contribution in [3.63, 3.8) is 0 Å². The fraction of sp³-hybridized carbons (Fsp3) is 0.400. The summed E-state index contributed by atoms with van der Waals surface area (Å²) < 4.78 is 10.9. The molecule has 8 nitrogen and oxygen atoms in total. The molecule has 33 heavy (non-hydrogen) atoms. The van der Waals surface area contributed by atoms with Crippen molar-refractivity contribution >= 4 is 18.0 Å². The maximum Gasteiger partial charge on any atom is 0.407 e. The molecule has 0 spiro atoms. The first-order valence-electron chi connectivity index (χ1n) is 11.1. The zero-order valence-electron chi connectivity index (χ0n) is 18.7. The average molecular weight is 453 g/mol. The van der Waals surface area contributed by atoms with Gasteiger partial charge in [0, 0.05) is 24.9 Å². The van der Waals surface area contributed by atoms with Gasteiger partial charge < -0.3 is 24.8 Å². The van der Waals surface area contributed by atoms with Gasteiger partial charge in [-0.1, -0.05) is 48.5 Å². The number of ether oxygens (including phenoxy) is 2. The van der Waals surface area contributed by atoms with Crippen LogP contribution in [0.1, 0.15) is 37.3 Å². The summed E-state index contributed by atoms with van der Waals surface area (Å²) in [5.74, 6) is -1.50. The van der Waals surface area contributed by atoms with E-state index < -0.39 is 30.3 Å². The number of carboxylic acid groups (broad SMARTS) is 1. The topological polar surface area (TPSA) is 105 Å². The molecule has 1 saturated heterocycles. The third kappa shape index (κ3) is 4.71. The average Bonchev–Trinajstić information content (AvgIpc) is 3.11. The van der Waals surface area contributed by atoms with Crippen LogP contribution in [0.25, 0.3) is 11.1 Å². The number of nitrogens with zero attached hydrogens (tertiary/aromatic N) is 1. The van der Waals surface area contributed by atoms with Crippen LogP contribution >= 0.6 is 0 Å². The van der Waals surface area contributed by atoms with Gasteiger partial charge in [-0.2, -0.15) is 0 Å². The third-order valence-electron chi connectivity index (χ3n) is 6.26. The minimum atomic E-state index is -1.10. The summed E-state index contributed by atoms with van der Waals surface area (Å²) in [6, 6.07) is 14.6. The van der Waals surface area contributed by atoms with Crippen molar-refractivity contribution in [3.05, 3.63) is 59.7 Å². The van der Waals surface area contributed by atoms with Crippen LogP contribution in [0.4, 0.5) is 4.79 Å². The van der Waals surface area contributed by atoms with Crippen LogP contribution in [-0.4, -0.2) is 65.9 Å². The fourth-order valence-corrected chi connectivity index (χ4v) is 4.71. The molecule has 0 bridgehead atoms. The SMILES string of the molecule is CC1OCCN(C(=O)C[C@H](C)NC(=O)OCC2c3ccccc3-c3ccccc32)C1C(=O)O. The van der Waals surface area contributed by atoms with Gasteiger partial charge in [-0.25, -0.2) is 9.59 Å². The smallest absolute Gasteiger partial charge is 0.407 e. The number of carbonyl (C=O) groups excluding carboxylic acids is 2. The largest absolute Gasteiger partial charge is 0.480 e. The van der Waals surface area contributed by atoms with Crippen LogP contribution in [-0.2, 0) is 19.1 Å². The number of hydrogen-bond donors (Lipinski definition) is 2. The number of hydrogen-bond acceptors (Lipinski definition) is 5.